The first-order valence-electron chi connectivity index (χ1n) is 5.69. The number of rotatable bonds is 5. The van der Waals surface area contributed by atoms with Gasteiger partial charge in [0.05, 0.1) is 18.3 Å². The van der Waals surface area contributed by atoms with Crippen LogP contribution in [0.1, 0.15) is 35.7 Å². The van der Waals surface area contributed by atoms with Crippen LogP contribution in [0, 0.1) is 0 Å². The summed E-state index contributed by atoms with van der Waals surface area (Å²) in [7, 11) is 0. The van der Waals surface area contributed by atoms with E-state index in [9.17, 15) is 4.79 Å². The number of nitrogens with zero attached hydrogens (tertiary/aromatic N) is 4. The smallest absolute Gasteiger partial charge is 0.190 e. The van der Waals surface area contributed by atoms with Gasteiger partial charge < -0.3 is 0 Å². The van der Waals surface area contributed by atoms with Gasteiger partial charge in [-0.1, -0.05) is 6.92 Å². The largest absolute Gasteiger partial charge is 0.292 e. The van der Waals surface area contributed by atoms with E-state index in [1.54, 1.807) is 0 Å². The predicted octanol–water partition coefficient (Wildman–Crippen LogP) is 1.01. The second-order valence-corrected chi connectivity index (χ2v) is 3.75. The topological polar surface area (TPSA) is 76.5 Å². The van der Waals surface area contributed by atoms with Crippen LogP contribution in [0.4, 0.5) is 0 Å². The van der Waals surface area contributed by atoms with Crippen molar-refractivity contribution >= 4 is 5.78 Å². The van der Waals surface area contributed by atoms with E-state index in [0.29, 0.717) is 12.1 Å². The lowest BCUT2D eigenvalue weighted by Gasteiger charge is -2.01. The van der Waals surface area contributed by atoms with Crippen LogP contribution in [0.5, 0.6) is 0 Å². The third kappa shape index (κ3) is 2.41. The number of carbonyl (C=O) groups is 1. The number of carbonyl (C=O) groups excluding carboxylic acids is 1. The molecular formula is C11H15N5O. The molecule has 1 N–H and O–H groups in total. The van der Waals surface area contributed by atoms with Gasteiger partial charge in [0, 0.05) is 12.2 Å². The molecule has 0 aliphatic rings. The van der Waals surface area contributed by atoms with Crippen LogP contribution >= 0.6 is 0 Å². The summed E-state index contributed by atoms with van der Waals surface area (Å²) in [6, 6.07) is 1.97. The van der Waals surface area contributed by atoms with Crippen molar-refractivity contribution in [3.63, 3.8) is 0 Å². The van der Waals surface area contributed by atoms with E-state index in [4.69, 9.17) is 0 Å². The average molecular weight is 233 g/mol. The van der Waals surface area contributed by atoms with Crippen molar-refractivity contribution in [3.8, 4) is 0 Å². The van der Waals surface area contributed by atoms with Crippen LogP contribution < -0.4 is 0 Å². The highest BCUT2D eigenvalue weighted by Crippen LogP contribution is 2.09. The van der Waals surface area contributed by atoms with Gasteiger partial charge in [-0.05, 0) is 19.4 Å². The number of hydrogen-bond acceptors (Lipinski definition) is 4. The van der Waals surface area contributed by atoms with Gasteiger partial charge >= 0.3 is 0 Å². The summed E-state index contributed by atoms with van der Waals surface area (Å²) in [5.41, 5.74) is 2.30. The minimum absolute atomic E-state index is 0.0454. The number of hydrogen-bond donors (Lipinski definition) is 1. The summed E-state index contributed by atoms with van der Waals surface area (Å²) in [4.78, 5) is 11.9. The molecule has 90 valence electrons. The molecule has 0 spiro atoms. The molecule has 2 heterocycles. The first-order chi connectivity index (χ1) is 8.24. The van der Waals surface area contributed by atoms with Crippen LogP contribution in [0.3, 0.4) is 0 Å². The summed E-state index contributed by atoms with van der Waals surface area (Å²) in [5, 5.41) is 14.2. The number of H-pyrrole nitrogens is 1. The van der Waals surface area contributed by atoms with Crippen molar-refractivity contribution < 1.29 is 4.79 Å². The lowest BCUT2D eigenvalue weighted by molar-refractivity contribution is 0.0985. The summed E-state index contributed by atoms with van der Waals surface area (Å²) in [5.74, 6) is -0.0454. The average Bonchev–Trinajstić information content (AvgIpc) is 2.97. The molecule has 0 amide bonds. The van der Waals surface area contributed by atoms with Gasteiger partial charge in [-0.25, -0.2) is 0 Å². The number of aromatic amines is 1. The minimum Gasteiger partial charge on any atom is -0.292 e. The van der Waals surface area contributed by atoms with Gasteiger partial charge in [0.2, 0.25) is 0 Å². The molecule has 0 saturated heterocycles. The van der Waals surface area contributed by atoms with Crippen molar-refractivity contribution in [2.24, 2.45) is 0 Å². The maximum atomic E-state index is 11.9. The molecule has 0 radical (unpaired) electrons. The van der Waals surface area contributed by atoms with Gasteiger partial charge in [-0.2, -0.15) is 20.5 Å². The van der Waals surface area contributed by atoms with E-state index in [-0.39, 0.29) is 5.78 Å². The van der Waals surface area contributed by atoms with Crippen molar-refractivity contribution in [2.45, 2.75) is 33.2 Å². The van der Waals surface area contributed by atoms with Gasteiger partial charge in [0.25, 0.3) is 0 Å². The van der Waals surface area contributed by atoms with Gasteiger partial charge in [-0.3, -0.25) is 9.48 Å². The standard InChI is InChI=1S/C11H15N5O/c1-3-8-5-9(16(4-2)14-8)6-11(17)10-7-12-15-13-10/h5,7H,3-4,6H2,1-2H3,(H,12,13,15). The molecule has 2 rings (SSSR count). The van der Waals surface area contributed by atoms with E-state index < -0.39 is 0 Å². The van der Waals surface area contributed by atoms with Crippen LogP contribution in [0.15, 0.2) is 12.3 Å². The van der Waals surface area contributed by atoms with Crippen molar-refractivity contribution in [1.29, 1.82) is 0 Å². The molecule has 0 aliphatic heterocycles. The van der Waals surface area contributed by atoms with E-state index in [0.717, 1.165) is 24.4 Å². The Bertz CT molecular complexity index is 500. The summed E-state index contributed by atoms with van der Waals surface area (Å²) >= 11 is 0. The second-order valence-electron chi connectivity index (χ2n) is 3.75. The number of Topliss-reactive ketones (excluding diaryl/α,β-unsaturated/α-hetero) is 1. The number of nitrogens with one attached hydrogen (secondary N) is 1. The maximum absolute atomic E-state index is 11.9. The molecule has 17 heavy (non-hydrogen) atoms. The Kier molecular flexibility index (Phi) is 3.32. The Balaban J connectivity index is 2.18. The SMILES string of the molecule is CCc1cc(CC(=O)c2cn[nH]n2)n(CC)n1. The van der Waals surface area contributed by atoms with Gasteiger partial charge in [0.15, 0.2) is 5.78 Å². The minimum atomic E-state index is -0.0454. The Morgan fingerprint density at radius 1 is 1.47 bits per heavy atom. The predicted molar refractivity (Wildman–Crippen MR) is 61.7 cm³/mol. The molecule has 6 nitrogen and oxygen atoms in total. The van der Waals surface area contributed by atoms with Crippen LogP contribution in [-0.2, 0) is 19.4 Å². The Hall–Kier alpha value is -1.98. The zero-order valence-corrected chi connectivity index (χ0v) is 9.97. The fraction of sp³-hybridized carbons (Fsp3) is 0.455. The van der Waals surface area contributed by atoms with E-state index in [1.807, 2.05) is 24.6 Å². The van der Waals surface area contributed by atoms with Gasteiger partial charge in [0.1, 0.15) is 5.69 Å². The first kappa shape index (κ1) is 11.5. The quantitative estimate of drug-likeness (QED) is 0.782. The number of ketones is 1. The normalized spacial score (nSPS) is 10.7. The molecule has 6 heteroatoms. The fourth-order valence-corrected chi connectivity index (χ4v) is 1.69. The van der Waals surface area contributed by atoms with Gasteiger partial charge in [-0.15, -0.1) is 0 Å². The highest BCUT2D eigenvalue weighted by Gasteiger charge is 2.14. The molecule has 0 saturated carbocycles. The Morgan fingerprint density at radius 3 is 2.88 bits per heavy atom. The van der Waals surface area contributed by atoms with Crippen molar-refractivity contribution in [1.82, 2.24) is 25.2 Å². The molecule has 0 fully saturated rings. The number of aromatic nitrogens is 5. The molecule has 2 aromatic heterocycles. The molecule has 0 atom stereocenters. The molecular weight excluding hydrogens is 218 g/mol. The monoisotopic (exact) mass is 233 g/mol. The lowest BCUT2D eigenvalue weighted by atomic mass is 10.1. The molecule has 0 bridgehead atoms. The van der Waals surface area contributed by atoms with Crippen molar-refractivity contribution in [3.05, 3.63) is 29.3 Å². The zero-order chi connectivity index (χ0) is 12.3. The summed E-state index contributed by atoms with van der Waals surface area (Å²) in [6.45, 7) is 4.82. The van der Waals surface area contributed by atoms with E-state index >= 15 is 0 Å². The fourth-order valence-electron chi connectivity index (χ4n) is 1.69. The number of aryl methyl sites for hydroxylation is 2. The second kappa shape index (κ2) is 4.90. The molecule has 0 unspecified atom stereocenters. The summed E-state index contributed by atoms with van der Waals surface area (Å²) < 4.78 is 1.86. The van der Waals surface area contributed by atoms with Crippen LogP contribution in [-0.4, -0.2) is 31.0 Å². The van der Waals surface area contributed by atoms with Crippen molar-refractivity contribution in [2.75, 3.05) is 0 Å². The maximum Gasteiger partial charge on any atom is 0.190 e. The molecule has 0 aliphatic carbocycles. The Morgan fingerprint density at radius 2 is 2.29 bits per heavy atom. The lowest BCUT2D eigenvalue weighted by Crippen LogP contribution is -2.10. The zero-order valence-electron chi connectivity index (χ0n) is 9.97. The van der Waals surface area contributed by atoms with E-state index in [1.165, 1.54) is 6.20 Å². The molecule has 2 aromatic rings. The Labute approximate surface area is 99.0 Å². The van der Waals surface area contributed by atoms with Crippen LogP contribution in [0.2, 0.25) is 0 Å². The third-order valence-corrected chi connectivity index (χ3v) is 2.62. The highest BCUT2D eigenvalue weighted by atomic mass is 16.1. The van der Waals surface area contributed by atoms with E-state index in [2.05, 4.69) is 20.5 Å². The highest BCUT2D eigenvalue weighted by molar-refractivity contribution is 5.95. The first-order valence-corrected chi connectivity index (χ1v) is 5.69. The molecule has 0 aromatic carbocycles. The van der Waals surface area contributed by atoms with Crippen LogP contribution in [0.25, 0.3) is 0 Å². The summed E-state index contributed by atoms with van der Waals surface area (Å²) in [6.07, 6.45) is 2.63. The third-order valence-electron chi connectivity index (χ3n) is 2.62.